The first-order valence-electron chi connectivity index (χ1n) is 8.19. The van der Waals surface area contributed by atoms with Crippen molar-refractivity contribution in [1.82, 2.24) is 0 Å². The van der Waals surface area contributed by atoms with Crippen LogP contribution in [0.5, 0.6) is 0 Å². The molecule has 2 saturated carbocycles. The van der Waals surface area contributed by atoms with Crippen LogP contribution in [0.2, 0.25) is 0 Å². The molecule has 2 aliphatic carbocycles. The average molecular weight is 378 g/mol. The molecule has 0 bridgehead atoms. The summed E-state index contributed by atoms with van der Waals surface area (Å²) in [5.74, 6) is 0.825. The standard InChI is InChI=1S/C17H31IO/c1-14-10-15(12-16(2,3)11-14)19-17(13-18)8-6-4-5-7-9-17/h14-15H,4-13H2,1-3H3. The lowest BCUT2D eigenvalue weighted by atomic mass is 9.71. The maximum atomic E-state index is 6.75. The SMILES string of the molecule is CC1CC(OC2(CI)CCCCCC2)CC(C)(C)C1. The lowest BCUT2D eigenvalue weighted by Crippen LogP contribution is -2.42. The normalized spacial score (nSPS) is 34.7. The second-order valence-corrected chi connectivity index (χ2v) is 8.65. The van der Waals surface area contributed by atoms with Crippen LogP contribution >= 0.6 is 22.6 Å². The van der Waals surface area contributed by atoms with Crippen molar-refractivity contribution in [1.29, 1.82) is 0 Å². The molecule has 2 heteroatoms. The molecule has 2 rings (SSSR count). The lowest BCUT2D eigenvalue weighted by molar-refractivity contribution is -0.120. The van der Waals surface area contributed by atoms with Crippen molar-refractivity contribution in [3.8, 4) is 0 Å². The van der Waals surface area contributed by atoms with Gasteiger partial charge in [-0.05, 0) is 43.4 Å². The largest absolute Gasteiger partial charge is 0.371 e. The van der Waals surface area contributed by atoms with Gasteiger partial charge in [-0.25, -0.2) is 0 Å². The van der Waals surface area contributed by atoms with Gasteiger partial charge >= 0.3 is 0 Å². The minimum atomic E-state index is 0.203. The summed E-state index contributed by atoms with van der Waals surface area (Å²) in [4.78, 5) is 0. The van der Waals surface area contributed by atoms with Crippen molar-refractivity contribution in [3.63, 3.8) is 0 Å². The van der Waals surface area contributed by atoms with Crippen molar-refractivity contribution < 1.29 is 4.74 Å². The fourth-order valence-electron chi connectivity index (χ4n) is 4.36. The number of alkyl halides is 1. The summed E-state index contributed by atoms with van der Waals surface area (Å²) in [6.45, 7) is 7.24. The van der Waals surface area contributed by atoms with E-state index in [1.54, 1.807) is 0 Å². The van der Waals surface area contributed by atoms with Crippen LogP contribution in [0.25, 0.3) is 0 Å². The van der Waals surface area contributed by atoms with E-state index in [1.165, 1.54) is 62.2 Å². The number of halogens is 1. The third-order valence-corrected chi connectivity index (χ3v) is 6.41. The van der Waals surface area contributed by atoms with Crippen molar-refractivity contribution in [2.45, 2.75) is 90.3 Å². The summed E-state index contributed by atoms with van der Waals surface area (Å²) in [5, 5.41) is 0. The monoisotopic (exact) mass is 378 g/mol. The minimum Gasteiger partial charge on any atom is -0.371 e. The van der Waals surface area contributed by atoms with E-state index in [0.29, 0.717) is 11.5 Å². The Morgan fingerprint density at radius 1 is 1.05 bits per heavy atom. The molecule has 0 aromatic rings. The van der Waals surface area contributed by atoms with Gasteiger partial charge < -0.3 is 4.74 Å². The smallest absolute Gasteiger partial charge is 0.0775 e. The van der Waals surface area contributed by atoms with Gasteiger partial charge in [-0.15, -0.1) is 0 Å². The van der Waals surface area contributed by atoms with E-state index in [4.69, 9.17) is 4.74 Å². The Balaban J connectivity index is 2.00. The molecule has 0 aliphatic heterocycles. The third-order valence-electron chi connectivity index (χ3n) is 5.02. The fourth-order valence-corrected chi connectivity index (χ4v) is 5.30. The van der Waals surface area contributed by atoms with E-state index in [0.717, 1.165) is 5.92 Å². The van der Waals surface area contributed by atoms with Crippen LogP contribution in [0.1, 0.15) is 78.6 Å². The first kappa shape index (κ1) is 16.1. The van der Waals surface area contributed by atoms with Crippen LogP contribution < -0.4 is 0 Å². The molecule has 1 nitrogen and oxygen atoms in total. The summed E-state index contributed by atoms with van der Waals surface area (Å²) in [6.07, 6.45) is 12.6. The van der Waals surface area contributed by atoms with Gasteiger partial charge in [0.1, 0.15) is 0 Å². The quantitative estimate of drug-likeness (QED) is 0.345. The zero-order valence-corrected chi connectivity index (χ0v) is 15.2. The van der Waals surface area contributed by atoms with Crippen molar-refractivity contribution in [2.24, 2.45) is 11.3 Å². The molecule has 0 aromatic heterocycles. The number of hydrogen-bond donors (Lipinski definition) is 0. The van der Waals surface area contributed by atoms with E-state index < -0.39 is 0 Å². The highest BCUT2D eigenvalue weighted by Crippen LogP contribution is 2.43. The molecule has 2 unspecified atom stereocenters. The summed E-state index contributed by atoms with van der Waals surface area (Å²) in [5.41, 5.74) is 0.675. The molecule has 2 atom stereocenters. The van der Waals surface area contributed by atoms with Crippen LogP contribution in [-0.4, -0.2) is 16.1 Å². The molecule has 0 radical (unpaired) electrons. The van der Waals surface area contributed by atoms with Crippen LogP contribution in [0, 0.1) is 11.3 Å². The van der Waals surface area contributed by atoms with Gasteiger partial charge in [0.25, 0.3) is 0 Å². The minimum absolute atomic E-state index is 0.203. The van der Waals surface area contributed by atoms with E-state index in [2.05, 4.69) is 43.4 Å². The molecular formula is C17H31IO. The van der Waals surface area contributed by atoms with Gasteiger partial charge in [0.05, 0.1) is 11.7 Å². The van der Waals surface area contributed by atoms with Gasteiger partial charge in [-0.2, -0.15) is 0 Å². The Hall–Kier alpha value is 0.690. The van der Waals surface area contributed by atoms with E-state index in [1.807, 2.05) is 0 Å². The second kappa shape index (κ2) is 6.64. The predicted octanol–water partition coefficient (Wildman–Crippen LogP) is 5.75. The van der Waals surface area contributed by atoms with Crippen LogP contribution in [0.3, 0.4) is 0 Å². The zero-order valence-electron chi connectivity index (χ0n) is 13.0. The first-order chi connectivity index (χ1) is 8.95. The van der Waals surface area contributed by atoms with Crippen LogP contribution in [-0.2, 0) is 4.74 Å². The Labute approximate surface area is 133 Å². The zero-order chi connectivity index (χ0) is 13.9. The van der Waals surface area contributed by atoms with Crippen molar-refractivity contribution >= 4 is 22.6 Å². The van der Waals surface area contributed by atoms with E-state index >= 15 is 0 Å². The molecule has 2 fully saturated rings. The van der Waals surface area contributed by atoms with Gasteiger partial charge in [-0.3, -0.25) is 0 Å². The topological polar surface area (TPSA) is 9.23 Å². The highest BCUT2D eigenvalue weighted by Gasteiger charge is 2.38. The van der Waals surface area contributed by atoms with Crippen LogP contribution in [0.4, 0.5) is 0 Å². The highest BCUT2D eigenvalue weighted by molar-refractivity contribution is 14.1. The predicted molar refractivity (Wildman–Crippen MR) is 91.0 cm³/mol. The number of hydrogen-bond acceptors (Lipinski definition) is 1. The average Bonchev–Trinajstić information content (AvgIpc) is 2.52. The Bertz CT molecular complexity index is 279. The summed E-state index contributed by atoms with van der Waals surface area (Å²) >= 11 is 2.56. The molecular weight excluding hydrogens is 347 g/mol. The second-order valence-electron chi connectivity index (χ2n) is 7.88. The first-order valence-corrected chi connectivity index (χ1v) is 9.71. The summed E-state index contributed by atoms with van der Waals surface area (Å²) < 4.78 is 7.92. The van der Waals surface area contributed by atoms with E-state index in [-0.39, 0.29) is 5.60 Å². The number of rotatable bonds is 3. The highest BCUT2D eigenvalue weighted by atomic mass is 127. The fraction of sp³-hybridized carbons (Fsp3) is 1.00. The van der Waals surface area contributed by atoms with E-state index in [9.17, 15) is 0 Å². The molecule has 0 amide bonds. The van der Waals surface area contributed by atoms with Crippen molar-refractivity contribution in [2.75, 3.05) is 4.43 Å². The molecule has 19 heavy (non-hydrogen) atoms. The van der Waals surface area contributed by atoms with Crippen LogP contribution in [0.15, 0.2) is 0 Å². The molecule has 0 heterocycles. The number of ether oxygens (including phenoxy) is 1. The molecule has 0 aromatic carbocycles. The Morgan fingerprint density at radius 2 is 1.68 bits per heavy atom. The third kappa shape index (κ3) is 4.59. The van der Waals surface area contributed by atoms with Gasteiger partial charge in [0, 0.05) is 4.43 Å². The Kier molecular flexibility index (Phi) is 5.61. The molecule has 0 saturated heterocycles. The van der Waals surface area contributed by atoms with Gasteiger partial charge in [-0.1, -0.05) is 69.0 Å². The summed E-state index contributed by atoms with van der Waals surface area (Å²) in [7, 11) is 0. The maximum absolute atomic E-state index is 6.75. The summed E-state index contributed by atoms with van der Waals surface area (Å²) in [6, 6.07) is 0. The molecule has 0 spiro atoms. The Morgan fingerprint density at radius 3 is 2.21 bits per heavy atom. The molecule has 2 aliphatic rings. The van der Waals surface area contributed by atoms with Gasteiger partial charge in [0.15, 0.2) is 0 Å². The molecule has 0 N–H and O–H groups in total. The molecule has 112 valence electrons. The van der Waals surface area contributed by atoms with Gasteiger partial charge in [0.2, 0.25) is 0 Å². The maximum Gasteiger partial charge on any atom is 0.0775 e. The van der Waals surface area contributed by atoms with Crippen molar-refractivity contribution in [3.05, 3.63) is 0 Å². The lowest BCUT2D eigenvalue weighted by Gasteiger charge is -2.43.